The van der Waals surface area contributed by atoms with Crippen LogP contribution in [0.4, 0.5) is 0 Å². The zero-order valence-electron chi connectivity index (χ0n) is 45.7. The molecule has 1 spiro atoms. The molecule has 0 bridgehead atoms. The van der Waals surface area contributed by atoms with Gasteiger partial charge in [-0.3, -0.25) is 57.6 Å². The number of nitrogens with one attached hydrogen (secondary N) is 1. The van der Waals surface area contributed by atoms with Gasteiger partial charge in [-0.15, -0.1) is 0 Å². The van der Waals surface area contributed by atoms with Crippen LogP contribution in [0.25, 0.3) is 0 Å². The third kappa shape index (κ3) is 14.5. The number of benzene rings is 2. The number of amides is 3. The van der Waals surface area contributed by atoms with Gasteiger partial charge in [0.15, 0.2) is 36.8 Å². The summed E-state index contributed by atoms with van der Waals surface area (Å²) < 4.78 is 83.8. The molecule has 16 atom stereocenters. The summed E-state index contributed by atoms with van der Waals surface area (Å²) in [6.07, 6.45) is -22.9. The molecule has 5 aliphatic heterocycles. The van der Waals surface area contributed by atoms with Gasteiger partial charge in [0.25, 0.3) is 17.6 Å². The standard InChI is InChI=1S/C53H60N2O26S/c1-23(56)54-39-35(71-27(5)60)19-53(80-44(39)41(73-29(7)62)36(72-28(6)61)20-68-24(2)57)52(67)79-47-46(81-53)43(74-30(8)63)37(21-69-25(3)58)76-50(47)78-42-38(22-70-26(4)59)77-51(82-32-15-11-10-12-16-32)40(45(42)75-31(9)64)55-48(65)33-17-13-14-18-34(33)49(55)66/h10-18,35-47,50-51H,19-22H2,1-9H3,(H,54,56)/t35-,36+,37+,38+,39+,40+,41+,42+,43-,44+,45+,46-,47+,50-,51-,53-/m0/s1. The number of hydrogen-bond donors (Lipinski definition) is 1. The molecule has 28 nitrogen and oxygen atoms in total. The Bertz CT molecular complexity index is 2780. The van der Waals surface area contributed by atoms with Crippen LogP contribution in [0.1, 0.15) is 89.5 Å². The number of nitrogens with zero attached hydrogens (tertiary/aromatic N) is 1. The molecule has 4 fully saturated rings. The molecule has 0 saturated carbocycles. The topological polar surface area (TPSA) is 349 Å². The highest BCUT2D eigenvalue weighted by Crippen LogP contribution is 2.47. The largest absolute Gasteiger partial charge is 0.463 e. The van der Waals surface area contributed by atoms with Crippen molar-refractivity contribution in [1.29, 1.82) is 0 Å². The third-order valence-electron chi connectivity index (χ3n) is 13.0. The Kier molecular flexibility index (Phi) is 20.1. The summed E-state index contributed by atoms with van der Waals surface area (Å²) >= 11 is 1.01. The van der Waals surface area contributed by atoms with Gasteiger partial charge in [-0.1, -0.05) is 42.1 Å². The normalized spacial score (nSPS) is 29.9. The van der Waals surface area contributed by atoms with Crippen LogP contribution in [0.2, 0.25) is 0 Å². The van der Waals surface area contributed by atoms with Crippen LogP contribution in [0.15, 0.2) is 59.5 Å². The van der Waals surface area contributed by atoms with Crippen molar-refractivity contribution < 1.29 is 124 Å². The molecule has 444 valence electrons. The number of esters is 9. The van der Waals surface area contributed by atoms with E-state index in [1.807, 2.05) is 0 Å². The maximum Gasteiger partial charge on any atom is 0.367 e. The van der Waals surface area contributed by atoms with E-state index in [2.05, 4.69) is 5.32 Å². The van der Waals surface area contributed by atoms with Crippen LogP contribution in [-0.2, 0) is 114 Å². The number of carbonyl (C=O) groups excluding carboxylic acids is 12. The Morgan fingerprint density at radius 1 is 0.622 bits per heavy atom. The van der Waals surface area contributed by atoms with Crippen molar-refractivity contribution in [3.05, 3.63) is 65.7 Å². The van der Waals surface area contributed by atoms with Gasteiger partial charge in [0, 0.05) is 67.2 Å². The molecule has 2 aromatic carbocycles. The molecule has 1 N–H and O–H groups in total. The van der Waals surface area contributed by atoms with Crippen molar-refractivity contribution in [3.8, 4) is 0 Å². The zero-order valence-corrected chi connectivity index (χ0v) is 46.5. The SMILES string of the molecule is CC(=O)N[C@H]1[C@H]([C@H](OC(C)=O)[C@@H](COC(C)=O)OC(C)=O)O[C@@]2(C[C@@H]1OC(C)=O)O[C@H]1[C@@H](OC(C)=O)[C@@H](COC(C)=O)O[C@@H](O[C@H]3[C@H](OC(C)=O)[C@@H](N4C(=O)c5ccccc5C4=O)[C@H](Sc4ccccc4)O[C@@H]3COC(C)=O)[C@@H]1OC2=O. The van der Waals surface area contributed by atoms with E-state index in [1.165, 1.54) is 24.3 Å². The average molecular weight is 1170 g/mol. The van der Waals surface area contributed by atoms with Gasteiger partial charge in [-0.05, 0) is 24.3 Å². The van der Waals surface area contributed by atoms with Gasteiger partial charge in [0.2, 0.25) is 5.91 Å². The van der Waals surface area contributed by atoms with E-state index in [-0.39, 0.29) is 11.1 Å². The summed E-state index contributed by atoms with van der Waals surface area (Å²) in [6, 6.07) is 11.2. The van der Waals surface area contributed by atoms with Crippen molar-refractivity contribution >= 4 is 83.2 Å². The molecular formula is C53H60N2O26S. The fourth-order valence-corrected chi connectivity index (χ4v) is 11.3. The smallest absolute Gasteiger partial charge is 0.367 e. The third-order valence-corrected chi connectivity index (χ3v) is 14.2. The van der Waals surface area contributed by atoms with E-state index >= 15 is 4.79 Å². The molecule has 5 aliphatic rings. The zero-order chi connectivity index (χ0) is 59.9. The molecule has 29 heteroatoms. The number of carbonyl (C=O) groups is 12. The molecule has 0 radical (unpaired) electrons. The molecule has 82 heavy (non-hydrogen) atoms. The average Bonchev–Trinajstić information content (AvgIpc) is 2.09. The van der Waals surface area contributed by atoms with Crippen LogP contribution < -0.4 is 5.32 Å². The Labute approximate surface area is 471 Å². The number of imide groups is 1. The Morgan fingerprint density at radius 2 is 1.17 bits per heavy atom. The number of rotatable bonds is 19. The summed E-state index contributed by atoms with van der Waals surface area (Å²) in [6.45, 7) is 6.86. The highest BCUT2D eigenvalue weighted by molar-refractivity contribution is 7.99. The van der Waals surface area contributed by atoms with Crippen LogP contribution in [0, 0.1) is 0 Å². The van der Waals surface area contributed by atoms with E-state index in [9.17, 15) is 52.7 Å². The lowest BCUT2D eigenvalue weighted by atomic mass is 9.86. The predicted molar refractivity (Wildman–Crippen MR) is 267 cm³/mol. The first-order valence-corrected chi connectivity index (χ1v) is 26.4. The summed E-state index contributed by atoms with van der Waals surface area (Å²) in [5.41, 5.74) is -1.33. The fraction of sp³-hybridized carbons (Fsp3) is 0.547. The monoisotopic (exact) mass is 1170 g/mol. The first kappa shape index (κ1) is 62.0. The van der Waals surface area contributed by atoms with Crippen LogP contribution in [0.3, 0.4) is 0 Å². The van der Waals surface area contributed by atoms with Crippen LogP contribution >= 0.6 is 11.8 Å². The summed E-state index contributed by atoms with van der Waals surface area (Å²) in [5, 5.41) is 2.55. The van der Waals surface area contributed by atoms with E-state index in [1.54, 1.807) is 30.3 Å². The van der Waals surface area contributed by atoms with Gasteiger partial charge in [0.1, 0.15) is 67.9 Å². The Hall–Kier alpha value is -7.57. The first-order chi connectivity index (χ1) is 38.8. The maximum atomic E-state index is 15.2. The van der Waals surface area contributed by atoms with E-state index in [4.69, 9.17) is 66.3 Å². The molecule has 0 unspecified atom stereocenters. The lowest BCUT2D eigenvalue weighted by Gasteiger charge is -2.55. The lowest BCUT2D eigenvalue weighted by Crippen LogP contribution is -2.75. The second-order valence-corrected chi connectivity index (χ2v) is 20.4. The summed E-state index contributed by atoms with van der Waals surface area (Å²) in [7, 11) is 0. The number of fused-ring (bicyclic) bond motifs is 2. The van der Waals surface area contributed by atoms with Gasteiger partial charge in [0.05, 0.1) is 23.6 Å². The highest BCUT2D eigenvalue weighted by atomic mass is 32.2. The second kappa shape index (κ2) is 26.6. The Morgan fingerprint density at radius 3 is 1.71 bits per heavy atom. The quantitative estimate of drug-likeness (QED) is 0.116. The minimum atomic E-state index is -2.90. The van der Waals surface area contributed by atoms with Crippen molar-refractivity contribution in [1.82, 2.24) is 10.2 Å². The molecule has 7 rings (SSSR count). The summed E-state index contributed by atoms with van der Waals surface area (Å²) in [5.74, 6) is -14.5. The van der Waals surface area contributed by atoms with Gasteiger partial charge in [-0.2, -0.15) is 0 Å². The predicted octanol–water partition coefficient (Wildman–Crippen LogP) is 0.927. The minimum Gasteiger partial charge on any atom is -0.463 e. The van der Waals surface area contributed by atoms with Gasteiger partial charge >= 0.3 is 53.7 Å². The fourth-order valence-electron chi connectivity index (χ4n) is 10.1. The molecule has 4 saturated heterocycles. The lowest BCUT2D eigenvalue weighted by molar-refractivity contribution is -0.404. The van der Waals surface area contributed by atoms with Crippen molar-refractivity contribution in [2.45, 2.75) is 170 Å². The molecule has 2 aromatic rings. The van der Waals surface area contributed by atoms with E-state index in [0.717, 1.165) is 79.0 Å². The molecular weight excluding hydrogens is 1110 g/mol. The molecule has 5 heterocycles. The number of ether oxygens (including phenoxy) is 14. The van der Waals surface area contributed by atoms with Crippen molar-refractivity contribution in [2.24, 2.45) is 0 Å². The molecule has 3 amide bonds. The minimum absolute atomic E-state index is 0.00232. The Balaban J connectivity index is 1.38. The maximum absolute atomic E-state index is 15.2. The van der Waals surface area contributed by atoms with Crippen molar-refractivity contribution in [2.75, 3.05) is 19.8 Å². The van der Waals surface area contributed by atoms with E-state index in [0.29, 0.717) is 4.90 Å². The van der Waals surface area contributed by atoms with Gasteiger partial charge in [-0.25, -0.2) is 4.79 Å². The number of thioether (sulfide) groups is 1. The van der Waals surface area contributed by atoms with Crippen LogP contribution in [0.5, 0.6) is 0 Å². The molecule has 0 aromatic heterocycles. The van der Waals surface area contributed by atoms with Crippen LogP contribution in [-0.4, -0.2) is 193 Å². The summed E-state index contributed by atoms with van der Waals surface area (Å²) in [4.78, 5) is 161. The molecule has 0 aliphatic carbocycles. The van der Waals surface area contributed by atoms with Gasteiger partial charge < -0.3 is 71.6 Å². The number of hydrogen-bond acceptors (Lipinski definition) is 27. The first-order valence-electron chi connectivity index (χ1n) is 25.5. The highest BCUT2D eigenvalue weighted by Gasteiger charge is 2.68. The van der Waals surface area contributed by atoms with Crippen molar-refractivity contribution in [3.63, 3.8) is 0 Å². The second-order valence-electron chi connectivity index (χ2n) is 19.3. The van der Waals surface area contributed by atoms with E-state index < -0.39 is 194 Å².